The third kappa shape index (κ3) is 14.6. The third-order valence-corrected chi connectivity index (χ3v) is 6.61. The molecule has 0 spiro atoms. The number of aromatic nitrogens is 4. The molecule has 0 radical (unpaired) electrons. The van der Waals surface area contributed by atoms with E-state index in [2.05, 4.69) is 35.6 Å². The Morgan fingerprint density at radius 3 is 2.21 bits per heavy atom. The maximum atomic E-state index is 13.3. The number of nitrogen functional groups attached to an aromatic ring is 1. The number of fused-ring (bicyclic) bond motifs is 2. The average Bonchev–Trinajstić information content (AvgIpc) is 3.05. The zero-order chi connectivity index (χ0) is 36.2. The van der Waals surface area contributed by atoms with Crippen molar-refractivity contribution in [2.45, 2.75) is 82.8 Å². The van der Waals surface area contributed by atoms with Gasteiger partial charge in [0.05, 0.1) is 30.3 Å². The number of aliphatic hydroxyl groups is 2. The number of pyridine rings is 2. The molecule has 0 bridgehead atoms. The van der Waals surface area contributed by atoms with E-state index in [0.717, 1.165) is 44.1 Å². The summed E-state index contributed by atoms with van der Waals surface area (Å²) in [6, 6.07) is 1.51. The second-order valence-electron chi connectivity index (χ2n) is 10.4. The summed E-state index contributed by atoms with van der Waals surface area (Å²) in [5, 5.41) is 24.5. The number of alkyl halides is 2. The van der Waals surface area contributed by atoms with Gasteiger partial charge in [0.2, 0.25) is 5.95 Å². The van der Waals surface area contributed by atoms with Crippen molar-refractivity contribution in [1.29, 1.82) is 0 Å². The summed E-state index contributed by atoms with van der Waals surface area (Å²) in [6.45, 7) is 3.13. The number of nitrogens with zero attached hydrogens (tertiary/aromatic N) is 4. The first kappa shape index (κ1) is 42.4. The fourth-order valence-electron chi connectivity index (χ4n) is 4.14. The number of hydrogen-bond acceptors (Lipinski definition) is 13. The van der Waals surface area contributed by atoms with Crippen LogP contribution in [-0.2, 0) is 4.70 Å². The van der Waals surface area contributed by atoms with E-state index in [-0.39, 0.29) is 29.0 Å². The first-order valence-corrected chi connectivity index (χ1v) is 15.7. The molecule has 3 aromatic rings. The number of aromatic amines is 1. The molecule has 14 nitrogen and oxygen atoms in total. The predicted molar refractivity (Wildman–Crippen MR) is 181 cm³/mol. The third-order valence-electron chi connectivity index (χ3n) is 6.61. The van der Waals surface area contributed by atoms with Crippen molar-refractivity contribution in [2.75, 3.05) is 24.4 Å². The molecular formula is C28H44BF4N10O4P. The van der Waals surface area contributed by atoms with Crippen LogP contribution >= 0.6 is 9.12 Å². The van der Waals surface area contributed by atoms with Crippen molar-refractivity contribution in [3.05, 3.63) is 52.2 Å². The van der Waals surface area contributed by atoms with E-state index in [0.29, 0.717) is 31.1 Å². The number of halogens is 4. The molecule has 0 fully saturated rings. The minimum absolute atomic E-state index is 0.0510. The molecule has 1 aliphatic rings. The Morgan fingerprint density at radius 2 is 1.60 bits per heavy atom. The molecule has 48 heavy (non-hydrogen) atoms. The summed E-state index contributed by atoms with van der Waals surface area (Å²) in [5.74, 6) is -0.984. The van der Waals surface area contributed by atoms with Gasteiger partial charge in [0.25, 0.3) is 5.56 Å². The van der Waals surface area contributed by atoms with Crippen LogP contribution in [0.3, 0.4) is 0 Å². The molecule has 266 valence electrons. The SMILES string of the molecule is CCCC[C@@H](N)C(O)CF.CCCC[C@@H](NC1N=C(N)Nc2cc(F)cnc21)C(O)CF.Nc1nc2cc(F)cnc2c(=O)[nH]1.O=BP. The van der Waals surface area contributed by atoms with Crippen LogP contribution in [0.5, 0.6) is 0 Å². The first-order chi connectivity index (χ1) is 22.8. The van der Waals surface area contributed by atoms with Gasteiger partial charge in [0, 0.05) is 24.2 Å². The number of rotatable bonds is 12. The van der Waals surface area contributed by atoms with Gasteiger partial charge >= 0.3 is 20.7 Å². The quantitative estimate of drug-likeness (QED) is 0.0769. The van der Waals surface area contributed by atoms with E-state index in [9.17, 15) is 27.5 Å². The molecule has 3 aromatic heterocycles. The van der Waals surface area contributed by atoms with Crippen LogP contribution in [0.25, 0.3) is 11.0 Å². The maximum absolute atomic E-state index is 13.3. The zero-order valence-electron chi connectivity index (χ0n) is 26.8. The predicted octanol–water partition coefficient (Wildman–Crippen LogP) is 2.14. The molecule has 0 amide bonds. The summed E-state index contributed by atoms with van der Waals surface area (Å²) < 4.78 is 59.2. The molecule has 4 heterocycles. The summed E-state index contributed by atoms with van der Waals surface area (Å²) in [4.78, 5) is 28.9. The molecule has 0 aliphatic carbocycles. The number of unbranched alkanes of at least 4 members (excludes halogenated alkanes) is 2. The van der Waals surface area contributed by atoms with Crippen LogP contribution in [0.15, 0.2) is 34.3 Å². The molecule has 0 aromatic carbocycles. The van der Waals surface area contributed by atoms with Gasteiger partial charge in [-0.05, 0) is 12.8 Å². The number of nitrogens with two attached hydrogens (primary N) is 3. The van der Waals surface area contributed by atoms with Gasteiger partial charge in [-0.1, -0.05) is 39.5 Å². The number of aliphatic imine (C=N–C) groups is 1. The van der Waals surface area contributed by atoms with Gasteiger partial charge in [0.15, 0.2) is 11.5 Å². The Morgan fingerprint density at radius 1 is 1.02 bits per heavy atom. The van der Waals surface area contributed by atoms with Gasteiger partial charge in [-0.2, -0.15) is 0 Å². The van der Waals surface area contributed by atoms with Gasteiger partial charge in [-0.15, -0.1) is 0 Å². The van der Waals surface area contributed by atoms with Crippen LogP contribution in [0.2, 0.25) is 0 Å². The number of nitrogens with one attached hydrogen (secondary N) is 3. The van der Waals surface area contributed by atoms with Crippen LogP contribution in [0.4, 0.5) is 29.2 Å². The fourth-order valence-corrected chi connectivity index (χ4v) is 4.14. The fraction of sp³-hybridized carbons (Fsp3) is 0.536. The van der Waals surface area contributed by atoms with Crippen LogP contribution < -0.4 is 33.4 Å². The van der Waals surface area contributed by atoms with Crippen molar-refractivity contribution in [1.82, 2.24) is 25.3 Å². The van der Waals surface area contributed by atoms with Crippen LogP contribution in [0, 0.1) is 11.6 Å². The topological polar surface area (TPSA) is 244 Å². The average molecular weight is 703 g/mol. The van der Waals surface area contributed by atoms with E-state index < -0.39 is 55.0 Å². The van der Waals surface area contributed by atoms with Gasteiger partial charge in [0.1, 0.15) is 42.4 Å². The summed E-state index contributed by atoms with van der Waals surface area (Å²) >= 11 is 0. The number of anilines is 2. The first-order valence-electron chi connectivity index (χ1n) is 15.1. The molecule has 4 rings (SSSR count). The van der Waals surface area contributed by atoms with E-state index in [1.807, 2.05) is 23.0 Å². The normalized spacial score (nSPS) is 15.6. The summed E-state index contributed by atoms with van der Waals surface area (Å²) in [7, 11) is 1.90. The van der Waals surface area contributed by atoms with E-state index >= 15 is 0 Å². The Hall–Kier alpha value is -3.64. The van der Waals surface area contributed by atoms with Crippen molar-refractivity contribution < 1.29 is 32.5 Å². The van der Waals surface area contributed by atoms with E-state index in [1.54, 1.807) is 0 Å². The van der Waals surface area contributed by atoms with Gasteiger partial charge in [-0.3, -0.25) is 20.1 Å². The number of guanidine groups is 1. The number of H-pyrrole nitrogens is 1. The Bertz CT molecular complexity index is 1490. The molecule has 11 N–H and O–H groups in total. The van der Waals surface area contributed by atoms with Gasteiger partial charge in [-0.25, -0.2) is 32.5 Å². The van der Waals surface area contributed by atoms with E-state index in [4.69, 9.17) is 27.0 Å². The summed E-state index contributed by atoms with van der Waals surface area (Å²) in [6.07, 6.45) is 4.34. The Balaban J connectivity index is 0.000000376. The van der Waals surface area contributed by atoms with Crippen LogP contribution in [0.1, 0.15) is 64.2 Å². The van der Waals surface area contributed by atoms with Crippen LogP contribution in [-0.4, -0.2) is 80.6 Å². The second-order valence-corrected chi connectivity index (χ2v) is 10.7. The molecule has 0 saturated heterocycles. The Labute approximate surface area is 278 Å². The molecule has 1 aliphatic heterocycles. The second kappa shape index (κ2) is 22.8. The molecule has 20 heteroatoms. The standard InChI is InChI=1S/C14H21F2N5O.C7H5FN4O.C7H16FNO.BH2OP/c1-2-3-4-9(11(22)6-15)19-13-12-10(20-14(17)21-13)5-8(16)7-18-12;8-3-1-4-5(10-2-3)6(13)12-7(9)11-4;1-2-3-4-6(9)7(10)5-8;2-1-3/h5,7,9,11,13,19,22H,2-4,6H2,1H3,(H3,17,20,21);1-2H,(H3,9,11,12,13);6-7,10H,2-5,9H2,1H3;3H2/t9-,11?,13?;;6-,7?;/m1.1./s1. The molecule has 4 unspecified atom stereocenters. The number of hydrogen-bond donors (Lipinski definition) is 8. The molecule has 6 atom stereocenters. The summed E-state index contributed by atoms with van der Waals surface area (Å²) in [5.41, 5.74) is 17.0. The molecule has 0 saturated carbocycles. The Kier molecular flexibility index (Phi) is 20.2. The van der Waals surface area contributed by atoms with Crippen molar-refractivity contribution >= 4 is 44.6 Å². The van der Waals surface area contributed by atoms with Crippen molar-refractivity contribution in [2.24, 2.45) is 16.5 Å². The zero-order valence-corrected chi connectivity index (χ0v) is 27.9. The van der Waals surface area contributed by atoms with Crippen molar-refractivity contribution in [3.8, 4) is 0 Å². The number of aliphatic hydroxyl groups excluding tert-OH is 2. The van der Waals surface area contributed by atoms with Crippen molar-refractivity contribution in [3.63, 3.8) is 0 Å². The monoisotopic (exact) mass is 702 g/mol. The van der Waals surface area contributed by atoms with Gasteiger partial charge < -0.3 is 32.7 Å². The van der Waals surface area contributed by atoms with E-state index in [1.165, 1.54) is 6.07 Å². The molecular weight excluding hydrogens is 658 g/mol. The minimum atomic E-state index is -1.14.